The van der Waals surface area contributed by atoms with Crippen molar-refractivity contribution >= 4 is 34.6 Å². The Morgan fingerprint density at radius 1 is 1.29 bits per heavy atom. The van der Waals surface area contributed by atoms with Crippen LogP contribution in [0.25, 0.3) is 5.57 Å². The van der Waals surface area contributed by atoms with Crippen LogP contribution in [0.5, 0.6) is 0 Å². The summed E-state index contributed by atoms with van der Waals surface area (Å²) in [6.45, 7) is 14.6. The zero-order valence-corrected chi connectivity index (χ0v) is 24.7. The number of likely N-dealkylation sites (N-methyl/N-ethyl adjacent to an activating group) is 1. The second kappa shape index (κ2) is 11.9. The number of carbonyl (C=O) groups excluding carboxylic acids is 3. The number of carbonyl (C=O) groups is 3. The fourth-order valence-corrected chi connectivity index (χ4v) is 5.67. The molecule has 1 aliphatic carbocycles. The average Bonchev–Trinajstić information content (AvgIpc) is 3.33. The second-order valence-corrected chi connectivity index (χ2v) is 12.5. The maximum atomic E-state index is 13.7. The van der Waals surface area contributed by atoms with Crippen molar-refractivity contribution in [1.82, 2.24) is 25.4 Å². The lowest BCUT2D eigenvalue weighted by Gasteiger charge is -2.37. The maximum absolute atomic E-state index is 13.7. The molecule has 0 spiro atoms. The molecule has 3 amide bonds. The molecule has 1 aliphatic heterocycles. The van der Waals surface area contributed by atoms with E-state index >= 15 is 0 Å². The van der Waals surface area contributed by atoms with E-state index in [9.17, 15) is 14.4 Å². The minimum Gasteiger partial charge on any atom is -0.350 e. The number of nitrogens with zero attached hydrogens (tertiary/aromatic N) is 3. The molecule has 38 heavy (non-hydrogen) atoms. The van der Waals surface area contributed by atoms with Gasteiger partial charge in [0, 0.05) is 13.1 Å². The van der Waals surface area contributed by atoms with E-state index in [0.29, 0.717) is 19.5 Å². The summed E-state index contributed by atoms with van der Waals surface area (Å²) in [5.41, 5.74) is 3.75. The Labute approximate surface area is 231 Å². The zero-order chi connectivity index (χ0) is 28.3. The van der Waals surface area contributed by atoms with Crippen molar-refractivity contribution in [2.24, 2.45) is 5.41 Å². The summed E-state index contributed by atoms with van der Waals surface area (Å²) in [6.07, 6.45) is 8.59. The first-order valence-electron chi connectivity index (χ1n) is 13.3. The number of aryl methyl sites for hydroxylation is 1. The number of hydrogen-bond acceptors (Lipinski definition) is 6. The Kier molecular flexibility index (Phi) is 9.36. The van der Waals surface area contributed by atoms with Crippen LogP contribution in [0.15, 0.2) is 35.9 Å². The standard InChI is InChI=1S/C29H43N5O3S/c1-9-21(13-12-19(2)23-20(3)31-18-38-23)17-30-25(35)22-11-10-16-34(22)26(36)24(28(4,5)6)32-27(37)29(14-15-29)33(7)8/h9,12-13,18,22,24H,1,10-11,14-17H2,2-8H3,(H,30,35)(H,32,37)/b19-12+,21-13+/t22?,24-/m1/s1. The van der Waals surface area contributed by atoms with Crippen molar-refractivity contribution in [3.8, 4) is 0 Å². The summed E-state index contributed by atoms with van der Waals surface area (Å²) >= 11 is 1.60. The first-order valence-corrected chi connectivity index (χ1v) is 14.2. The van der Waals surface area contributed by atoms with Gasteiger partial charge in [0.2, 0.25) is 17.7 Å². The number of nitrogens with one attached hydrogen (secondary N) is 2. The minimum absolute atomic E-state index is 0.117. The van der Waals surface area contributed by atoms with Crippen LogP contribution in [0.4, 0.5) is 0 Å². The van der Waals surface area contributed by atoms with Crippen LogP contribution < -0.4 is 10.6 Å². The number of aromatic nitrogens is 1. The molecule has 2 N–H and O–H groups in total. The van der Waals surface area contributed by atoms with E-state index in [0.717, 1.165) is 41.0 Å². The lowest BCUT2D eigenvalue weighted by Crippen LogP contribution is -2.60. The third kappa shape index (κ3) is 6.61. The molecule has 0 bridgehead atoms. The van der Waals surface area contributed by atoms with Crippen LogP contribution >= 0.6 is 11.3 Å². The second-order valence-electron chi connectivity index (χ2n) is 11.7. The number of amides is 3. The van der Waals surface area contributed by atoms with E-state index in [1.807, 2.05) is 71.3 Å². The molecule has 0 aromatic carbocycles. The lowest BCUT2D eigenvalue weighted by atomic mass is 9.85. The number of rotatable bonds is 10. The lowest BCUT2D eigenvalue weighted by molar-refractivity contribution is -0.144. The first-order chi connectivity index (χ1) is 17.8. The summed E-state index contributed by atoms with van der Waals surface area (Å²) < 4.78 is 0. The smallest absolute Gasteiger partial charge is 0.246 e. The molecule has 1 aromatic heterocycles. The monoisotopic (exact) mass is 541 g/mol. The van der Waals surface area contributed by atoms with Gasteiger partial charge in [0.25, 0.3) is 0 Å². The number of allylic oxidation sites excluding steroid dienone is 3. The predicted octanol–water partition coefficient (Wildman–Crippen LogP) is 3.70. The molecule has 1 saturated heterocycles. The Balaban J connectivity index is 1.67. The van der Waals surface area contributed by atoms with Crippen LogP contribution in [0.3, 0.4) is 0 Å². The molecule has 2 fully saturated rings. The van der Waals surface area contributed by atoms with Crippen LogP contribution in [0.2, 0.25) is 0 Å². The van der Waals surface area contributed by atoms with Gasteiger partial charge in [0.05, 0.1) is 21.6 Å². The molecule has 0 radical (unpaired) electrons. The highest BCUT2D eigenvalue weighted by Gasteiger charge is 2.53. The fraction of sp³-hybridized carbons (Fsp3) is 0.586. The van der Waals surface area contributed by atoms with Crippen LogP contribution in [0, 0.1) is 12.3 Å². The highest BCUT2D eigenvalue weighted by molar-refractivity contribution is 7.10. The van der Waals surface area contributed by atoms with Crippen molar-refractivity contribution in [2.45, 2.75) is 77.9 Å². The van der Waals surface area contributed by atoms with E-state index in [4.69, 9.17) is 0 Å². The molecular weight excluding hydrogens is 498 g/mol. The molecule has 3 rings (SSSR count). The Morgan fingerprint density at radius 3 is 2.50 bits per heavy atom. The van der Waals surface area contributed by atoms with Gasteiger partial charge in [-0.2, -0.15) is 0 Å². The molecule has 2 aliphatic rings. The normalized spacial score (nSPS) is 20.3. The van der Waals surface area contributed by atoms with Gasteiger partial charge in [-0.15, -0.1) is 11.3 Å². The van der Waals surface area contributed by atoms with Gasteiger partial charge in [-0.1, -0.05) is 45.6 Å². The summed E-state index contributed by atoms with van der Waals surface area (Å²) in [5, 5.41) is 6.04. The zero-order valence-electron chi connectivity index (χ0n) is 23.9. The van der Waals surface area contributed by atoms with Gasteiger partial charge in [-0.25, -0.2) is 4.98 Å². The SMILES string of the molecule is C=C/C(=C\C=C(/C)c1scnc1C)CNC(=O)C1CCCN1C(=O)[C@@H](NC(=O)C1(N(C)C)CC1)C(C)(C)C. The molecule has 1 saturated carbocycles. The number of likely N-dealkylation sites (tertiary alicyclic amines) is 1. The van der Waals surface area contributed by atoms with Crippen LogP contribution in [0.1, 0.15) is 63.9 Å². The largest absolute Gasteiger partial charge is 0.350 e. The van der Waals surface area contributed by atoms with Crippen LogP contribution in [-0.4, -0.2) is 77.3 Å². The van der Waals surface area contributed by atoms with Gasteiger partial charge in [-0.05, 0) is 70.2 Å². The van der Waals surface area contributed by atoms with Crippen molar-refractivity contribution in [2.75, 3.05) is 27.2 Å². The third-order valence-corrected chi connectivity index (χ3v) is 8.67. The van der Waals surface area contributed by atoms with E-state index in [2.05, 4.69) is 22.2 Å². The molecule has 208 valence electrons. The van der Waals surface area contributed by atoms with Gasteiger partial charge in [0.1, 0.15) is 12.1 Å². The van der Waals surface area contributed by atoms with Crippen LogP contribution in [-0.2, 0) is 14.4 Å². The number of thiazole rings is 1. The minimum atomic E-state index is -0.715. The number of hydrogen-bond donors (Lipinski definition) is 2. The quantitative estimate of drug-likeness (QED) is 0.441. The molecule has 1 aromatic rings. The summed E-state index contributed by atoms with van der Waals surface area (Å²) in [6, 6.07) is -1.27. The van der Waals surface area contributed by atoms with Crippen molar-refractivity contribution < 1.29 is 14.4 Å². The Hall–Kier alpha value is -2.78. The van der Waals surface area contributed by atoms with Crippen molar-refractivity contribution in [3.63, 3.8) is 0 Å². The summed E-state index contributed by atoms with van der Waals surface area (Å²) in [4.78, 5) is 49.1. The Bertz CT molecular complexity index is 1120. The summed E-state index contributed by atoms with van der Waals surface area (Å²) in [5.74, 6) is -0.502. The molecule has 9 heteroatoms. The molecule has 8 nitrogen and oxygen atoms in total. The third-order valence-electron chi connectivity index (χ3n) is 7.61. The van der Waals surface area contributed by atoms with E-state index in [1.165, 1.54) is 0 Å². The highest BCUT2D eigenvalue weighted by Crippen LogP contribution is 2.41. The van der Waals surface area contributed by atoms with E-state index in [-0.39, 0.29) is 17.7 Å². The molecule has 2 heterocycles. The van der Waals surface area contributed by atoms with Gasteiger partial charge in [-0.3, -0.25) is 19.3 Å². The first kappa shape index (κ1) is 29.8. The molecular formula is C29H43N5O3S. The van der Waals surface area contributed by atoms with E-state index < -0.39 is 23.0 Å². The summed E-state index contributed by atoms with van der Waals surface area (Å²) in [7, 11) is 3.79. The fourth-order valence-electron chi connectivity index (χ4n) is 4.87. The molecule has 2 atom stereocenters. The highest BCUT2D eigenvalue weighted by atomic mass is 32.1. The topological polar surface area (TPSA) is 94.6 Å². The average molecular weight is 542 g/mol. The van der Waals surface area contributed by atoms with Gasteiger partial charge < -0.3 is 15.5 Å². The van der Waals surface area contributed by atoms with Gasteiger partial charge in [0.15, 0.2) is 0 Å². The van der Waals surface area contributed by atoms with E-state index in [1.54, 1.807) is 22.3 Å². The van der Waals surface area contributed by atoms with Gasteiger partial charge >= 0.3 is 0 Å². The van der Waals surface area contributed by atoms with Crippen molar-refractivity contribution in [1.29, 1.82) is 0 Å². The molecule has 1 unspecified atom stereocenters. The maximum Gasteiger partial charge on any atom is 0.246 e. The van der Waals surface area contributed by atoms with Crippen molar-refractivity contribution in [3.05, 3.63) is 46.5 Å². The predicted molar refractivity (Wildman–Crippen MR) is 154 cm³/mol. The Morgan fingerprint density at radius 2 is 1.97 bits per heavy atom.